The molecule has 0 amide bonds. The lowest BCUT2D eigenvalue weighted by molar-refractivity contribution is -0.0598. The zero-order chi connectivity index (χ0) is 10.4. The predicted molar refractivity (Wildman–Crippen MR) is 64.6 cm³/mol. The molecule has 4 saturated carbocycles. The van der Waals surface area contributed by atoms with Crippen molar-refractivity contribution in [2.24, 2.45) is 35.5 Å². The summed E-state index contributed by atoms with van der Waals surface area (Å²) >= 11 is 0. The monoisotopic (exact) mass is 206 g/mol. The molecule has 4 aliphatic carbocycles. The molecule has 15 heavy (non-hydrogen) atoms. The van der Waals surface area contributed by atoms with Crippen molar-refractivity contribution in [2.45, 2.75) is 58.8 Å². The molecule has 0 heteroatoms. The molecule has 4 fully saturated rings. The molecular formula is C15H26. The number of hydrogen-bond acceptors (Lipinski definition) is 0. The smallest absolute Gasteiger partial charge is 0.0331 e. The molecular weight excluding hydrogens is 180 g/mol. The van der Waals surface area contributed by atoms with Gasteiger partial charge in [0, 0.05) is 0 Å². The average Bonchev–Trinajstić information content (AvgIpc) is 2.15. The lowest BCUT2D eigenvalue weighted by Crippen LogP contribution is -2.47. The van der Waals surface area contributed by atoms with Gasteiger partial charge in [-0.3, -0.25) is 0 Å². The Balaban J connectivity index is 1.74. The molecule has 0 saturated heterocycles. The second kappa shape index (κ2) is 3.79. The second-order valence-corrected chi connectivity index (χ2v) is 6.77. The van der Waals surface area contributed by atoms with Gasteiger partial charge in [0.15, 0.2) is 0 Å². The molecule has 4 bridgehead atoms. The largest absolute Gasteiger partial charge is 0.0654 e. The molecule has 0 aromatic heterocycles. The maximum atomic E-state index is 2.54. The average molecular weight is 206 g/mol. The lowest BCUT2D eigenvalue weighted by atomic mass is 9.49. The Hall–Kier alpha value is 0. The van der Waals surface area contributed by atoms with E-state index in [1.807, 2.05) is 0 Å². The fourth-order valence-corrected chi connectivity index (χ4v) is 5.54. The van der Waals surface area contributed by atoms with E-state index in [9.17, 15) is 0 Å². The zero-order valence-corrected chi connectivity index (χ0v) is 10.4. The van der Waals surface area contributed by atoms with Gasteiger partial charge in [-0.25, -0.2) is 0 Å². The van der Waals surface area contributed by atoms with Crippen molar-refractivity contribution in [3.05, 3.63) is 0 Å². The van der Waals surface area contributed by atoms with E-state index in [0.29, 0.717) is 0 Å². The highest BCUT2D eigenvalue weighted by Gasteiger charge is 2.49. The van der Waals surface area contributed by atoms with E-state index in [4.69, 9.17) is 0 Å². The summed E-state index contributed by atoms with van der Waals surface area (Å²) in [6.07, 6.45) is 10.9. The van der Waals surface area contributed by atoms with Crippen LogP contribution in [-0.4, -0.2) is 0 Å². The van der Waals surface area contributed by atoms with Crippen molar-refractivity contribution in [3.8, 4) is 0 Å². The van der Waals surface area contributed by atoms with Crippen LogP contribution >= 0.6 is 0 Å². The maximum Gasteiger partial charge on any atom is -0.0331 e. The summed E-state index contributed by atoms with van der Waals surface area (Å²) in [6, 6.07) is 0. The van der Waals surface area contributed by atoms with E-state index in [0.717, 1.165) is 35.5 Å². The summed E-state index contributed by atoms with van der Waals surface area (Å²) in [6.45, 7) is 4.89. The van der Waals surface area contributed by atoms with Gasteiger partial charge in [0.25, 0.3) is 0 Å². The Morgan fingerprint density at radius 2 is 1.47 bits per heavy atom. The van der Waals surface area contributed by atoms with Crippen molar-refractivity contribution >= 4 is 0 Å². The van der Waals surface area contributed by atoms with Gasteiger partial charge in [0.2, 0.25) is 0 Å². The number of rotatable bonds is 3. The summed E-state index contributed by atoms with van der Waals surface area (Å²) in [4.78, 5) is 0. The van der Waals surface area contributed by atoms with Gasteiger partial charge < -0.3 is 0 Å². The van der Waals surface area contributed by atoms with E-state index in [1.165, 1.54) is 12.8 Å². The highest BCUT2D eigenvalue weighted by Crippen LogP contribution is 2.58. The molecule has 0 aromatic carbocycles. The molecule has 4 aliphatic rings. The molecule has 0 N–H and O–H groups in total. The van der Waals surface area contributed by atoms with Gasteiger partial charge in [-0.05, 0) is 67.6 Å². The van der Waals surface area contributed by atoms with Crippen molar-refractivity contribution < 1.29 is 0 Å². The van der Waals surface area contributed by atoms with Crippen LogP contribution in [0.5, 0.6) is 0 Å². The summed E-state index contributed by atoms with van der Waals surface area (Å²) < 4.78 is 0. The van der Waals surface area contributed by atoms with Crippen molar-refractivity contribution in [1.82, 2.24) is 0 Å². The van der Waals surface area contributed by atoms with E-state index in [1.54, 1.807) is 32.1 Å². The minimum absolute atomic E-state index is 1.02. The Bertz CT molecular complexity index is 202. The summed E-state index contributed by atoms with van der Waals surface area (Å²) in [7, 11) is 0. The van der Waals surface area contributed by atoms with Gasteiger partial charge in [-0.1, -0.05) is 26.7 Å². The van der Waals surface area contributed by atoms with Gasteiger partial charge in [0.1, 0.15) is 0 Å². The molecule has 0 aromatic rings. The van der Waals surface area contributed by atoms with Crippen LogP contribution in [0.4, 0.5) is 0 Å². The first kappa shape index (κ1) is 10.2. The normalized spacial score (nSPS) is 49.6. The first-order chi connectivity index (χ1) is 7.28. The zero-order valence-electron chi connectivity index (χ0n) is 10.4. The highest BCUT2D eigenvalue weighted by molar-refractivity contribution is 4.99. The van der Waals surface area contributed by atoms with Gasteiger partial charge in [0.05, 0.1) is 0 Å². The van der Waals surface area contributed by atoms with Crippen LogP contribution in [0.15, 0.2) is 0 Å². The predicted octanol–water partition coefficient (Wildman–Crippen LogP) is 4.49. The third-order valence-electron chi connectivity index (χ3n) is 5.70. The molecule has 1 atom stereocenters. The number of hydrogen-bond donors (Lipinski definition) is 0. The van der Waals surface area contributed by atoms with Gasteiger partial charge >= 0.3 is 0 Å². The minimum Gasteiger partial charge on any atom is -0.0654 e. The van der Waals surface area contributed by atoms with Crippen LogP contribution < -0.4 is 0 Å². The van der Waals surface area contributed by atoms with Crippen LogP contribution in [0, 0.1) is 35.5 Å². The molecule has 0 nitrogen and oxygen atoms in total. The van der Waals surface area contributed by atoms with Crippen molar-refractivity contribution in [1.29, 1.82) is 0 Å². The second-order valence-electron chi connectivity index (χ2n) is 6.77. The molecule has 0 spiro atoms. The summed E-state index contributed by atoms with van der Waals surface area (Å²) in [5.41, 5.74) is 0. The van der Waals surface area contributed by atoms with E-state index in [2.05, 4.69) is 13.8 Å². The van der Waals surface area contributed by atoms with Crippen LogP contribution in [0.3, 0.4) is 0 Å². The molecule has 0 radical (unpaired) electrons. The Kier molecular flexibility index (Phi) is 2.57. The third kappa shape index (κ3) is 1.65. The van der Waals surface area contributed by atoms with E-state index >= 15 is 0 Å². The summed E-state index contributed by atoms with van der Waals surface area (Å²) in [5, 5.41) is 0. The Morgan fingerprint density at radius 1 is 0.933 bits per heavy atom. The molecule has 4 rings (SSSR count). The minimum atomic E-state index is 1.02. The van der Waals surface area contributed by atoms with Crippen LogP contribution in [0.2, 0.25) is 0 Å². The van der Waals surface area contributed by atoms with Gasteiger partial charge in [-0.15, -0.1) is 0 Å². The summed E-state index contributed by atoms with van der Waals surface area (Å²) in [5.74, 6) is 6.73. The van der Waals surface area contributed by atoms with Crippen molar-refractivity contribution in [2.75, 3.05) is 0 Å². The fraction of sp³-hybridized carbons (Fsp3) is 1.00. The molecule has 86 valence electrons. The van der Waals surface area contributed by atoms with Crippen LogP contribution in [-0.2, 0) is 0 Å². The lowest BCUT2D eigenvalue weighted by Gasteiger charge is -2.56. The molecule has 0 aliphatic heterocycles. The standard InChI is InChI=1S/C15H26/c1-3-4-10(2)15-13-6-11-5-12(8-13)9-14(15)7-11/h10-15H,3-9H2,1-2H3. The Morgan fingerprint density at radius 3 is 1.93 bits per heavy atom. The van der Waals surface area contributed by atoms with E-state index < -0.39 is 0 Å². The topological polar surface area (TPSA) is 0 Å². The van der Waals surface area contributed by atoms with Crippen LogP contribution in [0.1, 0.15) is 58.8 Å². The fourth-order valence-electron chi connectivity index (χ4n) is 5.54. The van der Waals surface area contributed by atoms with Gasteiger partial charge in [-0.2, -0.15) is 0 Å². The SMILES string of the molecule is CCCC(C)C1C2CC3CC(C2)CC1C3. The van der Waals surface area contributed by atoms with E-state index in [-0.39, 0.29) is 0 Å². The first-order valence-corrected chi connectivity index (χ1v) is 7.28. The third-order valence-corrected chi connectivity index (χ3v) is 5.70. The highest BCUT2D eigenvalue weighted by atomic mass is 14.5. The van der Waals surface area contributed by atoms with Crippen molar-refractivity contribution in [3.63, 3.8) is 0 Å². The maximum absolute atomic E-state index is 2.54. The quantitative estimate of drug-likeness (QED) is 0.638. The first-order valence-electron chi connectivity index (χ1n) is 7.28. The Labute approximate surface area is 94.8 Å². The molecule has 1 unspecified atom stereocenters. The molecule has 0 heterocycles. The van der Waals surface area contributed by atoms with Crippen LogP contribution in [0.25, 0.3) is 0 Å².